The number of aromatic nitrogens is 1. The second-order valence-electron chi connectivity index (χ2n) is 6.11. The number of carbonyl (C=O) groups excluding carboxylic acids is 2. The molecule has 0 saturated carbocycles. The summed E-state index contributed by atoms with van der Waals surface area (Å²) in [5, 5.41) is 2.85. The topological polar surface area (TPSA) is 65.5 Å². The molecule has 1 fully saturated rings. The number of rotatable bonds is 5. The van der Waals surface area contributed by atoms with E-state index in [4.69, 9.17) is 0 Å². The summed E-state index contributed by atoms with van der Waals surface area (Å²) in [7, 11) is 0. The van der Waals surface area contributed by atoms with Gasteiger partial charge in [-0.3, -0.25) is 19.5 Å². The molecule has 1 N–H and O–H groups in total. The van der Waals surface area contributed by atoms with Crippen molar-refractivity contribution in [2.45, 2.75) is 0 Å². The van der Waals surface area contributed by atoms with Crippen molar-refractivity contribution in [3.8, 4) is 0 Å². The van der Waals surface area contributed by atoms with Gasteiger partial charge in [-0.25, -0.2) is 4.39 Å². The maximum Gasteiger partial charge on any atom is 0.269 e. The molecule has 0 radical (unpaired) electrons. The summed E-state index contributed by atoms with van der Waals surface area (Å²) in [5.74, 6) is -0.608. The van der Waals surface area contributed by atoms with Gasteiger partial charge in [-0.15, -0.1) is 0 Å². The van der Waals surface area contributed by atoms with Gasteiger partial charge >= 0.3 is 0 Å². The van der Waals surface area contributed by atoms with E-state index in [0.29, 0.717) is 30.9 Å². The van der Waals surface area contributed by atoms with Gasteiger partial charge in [0.2, 0.25) is 0 Å². The Bertz CT molecular complexity index is 744. The molecule has 2 aromatic rings. The Hall–Kier alpha value is -2.80. The second kappa shape index (κ2) is 8.53. The van der Waals surface area contributed by atoms with E-state index in [2.05, 4.69) is 15.2 Å². The van der Waals surface area contributed by atoms with Gasteiger partial charge in [0, 0.05) is 51.0 Å². The van der Waals surface area contributed by atoms with E-state index in [1.54, 1.807) is 29.3 Å². The molecular weight excluding hydrogens is 335 g/mol. The molecule has 2 amide bonds. The maximum atomic E-state index is 13.0. The number of hydrogen-bond acceptors (Lipinski definition) is 4. The third kappa shape index (κ3) is 4.64. The Morgan fingerprint density at radius 1 is 1.04 bits per heavy atom. The zero-order valence-electron chi connectivity index (χ0n) is 14.4. The minimum absolute atomic E-state index is 0.0758. The van der Waals surface area contributed by atoms with Gasteiger partial charge in [-0.2, -0.15) is 0 Å². The molecular formula is C19H21FN4O2. The lowest BCUT2D eigenvalue weighted by molar-refractivity contribution is 0.0638. The molecule has 1 saturated heterocycles. The SMILES string of the molecule is O=C(NCCN1CCN(C(=O)c2ccc(F)cc2)CC1)c1ccccn1. The van der Waals surface area contributed by atoms with Gasteiger partial charge in [0.15, 0.2) is 0 Å². The third-order valence-corrected chi connectivity index (χ3v) is 4.36. The molecule has 0 atom stereocenters. The first kappa shape index (κ1) is 18.0. The monoisotopic (exact) mass is 356 g/mol. The first-order valence-corrected chi connectivity index (χ1v) is 8.60. The van der Waals surface area contributed by atoms with Gasteiger partial charge in [0.05, 0.1) is 0 Å². The molecule has 1 aliphatic heterocycles. The van der Waals surface area contributed by atoms with Gasteiger partial charge < -0.3 is 10.2 Å². The molecule has 136 valence electrons. The summed E-state index contributed by atoms with van der Waals surface area (Å²) in [4.78, 5) is 32.3. The lowest BCUT2D eigenvalue weighted by Gasteiger charge is -2.34. The first-order valence-electron chi connectivity index (χ1n) is 8.60. The fourth-order valence-corrected chi connectivity index (χ4v) is 2.86. The summed E-state index contributed by atoms with van der Waals surface area (Å²) >= 11 is 0. The van der Waals surface area contributed by atoms with Crippen LogP contribution in [0.1, 0.15) is 20.8 Å². The van der Waals surface area contributed by atoms with Crippen LogP contribution >= 0.6 is 0 Å². The van der Waals surface area contributed by atoms with E-state index < -0.39 is 0 Å². The highest BCUT2D eigenvalue weighted by Gasteiger charge is 2.22. The molecule has 0 bridgehead atoms. The highest BCUT2D eigenvalue weighted by atomic mass is 19.1. The van der Waals surface area contributed by atoms with E-state index >= 15 is 0 Å². The fourth-order valence-electron chi connectivity index (χ4n) is 2.86. The van der Waals surface area contributed by atoms with Crippen molar-refractivity contribution in [2.24, 2.45) is 0 Å². The molecule has 2 heterocycles. The maximum absolute atomic E-state index is 13.0. The average Bonchev–Trinajstić information content (AvgIpc) is 2.69. The first-order chi connectivity index (χ1) is 12.6. The summed E-state index contributed by atoms with van der Waals surface area (Å²) < 4.78 is 13.0. The van der Waals surface area contributed by atoms with E-state index in [1.165, 1.54) is 24.3 Å². The molecule has 1 aromatic heterocycles. The van der Waals surface area contributed by atoms with Crippen LogP contribution in [0.15, 0.2) is 48.7 Å². The number of hydrogen-bond donors (Lipinski definition) is 1. The van der Waals surface area contributed by atoms with Crippen LogP contribution in [0.25, 0.3) is 0 Å². The lowest BCUT2D eigenvalue weighted by atomic mass is 10.2. The van der Waals surface area contributed by atoms with Gasteiger partial charge in [-0.1, -0.05) is 6.07 Å². The second-order valence-corrected chi connectivity index (χ2v) is 6.11. The Kier molecular flexibility index (Phi) is 5.91. The van der Waals surface area contributed by atoms with Crippen molar-refractivity contribution in [3.05, 3.63) is 65.7 Å². The fraction of sp³-hybridized carbons (Fsp3) is 0.316. The zero-order valence-corrected chi connectivity index (χ0v) is 14.4. The van der Waals surface area contributed by atoms with Crippen LogP contribution in [0.4, 0.5) is 4.39 Å². The highest BCUT2D eigenvalue weighted by Crippen LogP contribution is 2.09. The molecule has 3 rings (SSSR count). The van der Waals surface area contributed by atoms with Crippen LogP contribution in [0.5, 0.6) is 0 Å². The number of halogens is 1. The van der Waals surface area contributed by atoms with Crippen LogP contribution in [0.3, 0.4) is 0 Å². The normalized spacial score (nSPS) is 14.9. The van der Waals surface area contributed by atoms with Crippen LogP contribution in [0.2, 0.25) is 0 Å². The van der Waals surface area contributed by atoms with Gasteiger partial charge in [-0.05, 0) is 36.4 Å². The minimum Gasteiger partial charge on any atom is -0.349 e. The highest BCUT2D eigenvalue weighted by molar-refractivity contribution is 5.94. The van der Waals surface area contributed by atoms with E-state index in [9.17, 15) is 14.0 Å². The van der Waals surface area contributed by atoms with Crippen molar-refractivity contribution in [3.63, 3.8) is 0 Å². The molecule has 0 unspecified atom stereocenters. The van der Waals surface area contributed by atoms with Crippen LogP contribution in [0, 0.1) is 5.82 Å². The number of benzene rings is 1. The Morgan fingerprint density at radius 2 is 1.77 bits per heavy atom. The summed E-state index contributed by atoms with van der Waals surface area (Å²) in [5.41, 5.74) is 0.907. The summed E-state index contributed by atoms with van der Waals surface area (Å²) in [6.07, 6.45) is 1.59. The van der Waals surface area contributed by atoms with E-state index in [1.807, 2.05) is 0 Å². The number of nitrogens with zero attached hydrogens (tertiary/aromatic N) is 3. The van der Waals surface area contributed by atoms with Gasteiger partial charge in [0.1, 0.15) is 11.5 Å². The zero-order chi connectivity index (χ0) is 18.4. The Labute approximate surface area is 151 Å². The molecule has 1 aliphatic rings. The lowest BCUT2D eigenvalue weighted by Crippen LogP contribution is -2.50. The average molecular weight is 356 g/mol. The number of carbonyl (C=O) groups is 2. The van der Waals surface area contributed by atoms with Crippen molar-refractivity contribution in [1.29, 1.82) is 0 Å². The molecule has 1 aromatic carbocycles. The quantitative estimate of drug-likeness (QED) is 0.880. The summed E-state index contributed by atoms with van der Waals surface area (Å²) in [6.45, 7) is 3.96. The van der Waals surface area contributed by atoms with Crippen molar-refractivity contribution < 1.29 is 14.0 Å². The van der Waals surface area contributed by atoms with Crippen molar-refractivity contribution >= 4 is 11.8 Å². The largest absolute Gasteiger partial charge is 0.349 e. The standard InChI is InChI=1S/C19H21FN4O2/c20-16-6-4-15(5-7-16)19(26)24-13-11-23(12-14-24)10-9-22-18(25)17-3-1-2-8-21-17/h1-8H,9-14H2,(H,22,25). The van der Waals surface area contributed by atoms with Crippen molar-refractivity contribution in [1.82, 2.24) is 20.1 Å². The number of amides is 2. The van der Waals surface area contributed by atoms with Crippen LogP contribution in [-0.4, -0.2) is 65.9 Å². The molecule has 6 nitrogen and oxygen atoms in total. The smallest absolute Gasteiger partial charge is 0.269 e. The van der Waals surface area contributed by atoms with Crippen LogP contribution in [-0.2, 0) is 0 Å². The predicted molar refractivity (Wildman–Crippen MR) is 95.3 cm³/mol. The Balaban J connectivity index is 1.40. The Morgan fingerprint density at radius 3 is 2.42 bits per heavy atom. The number of piperazine rings is 1. The third-order valence-electron chi connectivity index (χ3n) is 4.36. The predicted octanol–water partition coefficient (Wildman–Crippen LogP) is 1.41. The summed E-state index contributed by atoms with van der Waals surface area (Å²) in [6, 6.07) is 10.8. The molecule has 7 heteroatoms. The molecule has 0 aliphatic carbocycles. The van der Waals surface area contributed by atoms with E-state index in [-0.39, 0.29) is 17.6 Å². The molecule has 0 spiro atoms. The van der Waals surface area contributed by atoms with Gasteiger partial charge in [0.25, 0.3) is 11.8 Å². The number of pyridine rings is 1. The van der Waals surface area contributed by atoms with E-state index in [0.717, 1.165) is 19.6 Å². The molecule has 26 heavy (non-hydrogen) atoms. The number of nitrogens with one attached hydrogen (secondary N) is 1. The van der Waals surface area contributed by atoms with Crippen molar-refractivity contribution in [2.75, 3.05) is 39.3 Å². The van der Waals surface area contributed by atoms with Crippen LogP contribution < -0.4 is 5.32 Å². The minimum atomic E-state index is -0.348.